The second-order valence-corrected chi connectivity index (χ2v) is 14.2. The van der Waals surface area contributed by atoms with E-state index in [0.717, 1.165) is 6.08 Å². The fourth-order valence-electron chi connectivity index (χ4n) is 6.80. The maximum Gasteiger partial charge on any atom is 0.356 e. The summed E-state index contributed by atoms with van der Waals surface area (Å²) in [4.78, 5) is 65.1. The summed E-state index contributed by atoms with van der Waals surface area (Å²) < 4.78 is 22.6. The zero-order valence-corrected chi connectivity index (χ0v) is 32.5. The largest absolute Gasteiger partial charge is 0.506 e. The van der Waals surface area contributed by atoms with Crippen LogP contribution in [0, 0.1) is 62.3 Å². The van der Waals surface area contributed by atoms with Gasteiger partial charge in [-0.15, -0.1) is 0 Å². The lowest BCUT2D eigenvalue weighted by molar-refractivity contribution is -0.151. The number of benzene rings is 3. The molecule has 12 nitrogen and oxygen atoms in total. The smallest absolute Gasteiger partial charge is 0.356 e. The van der Waals surface area contributed by atoms with E-state index in [9.17, 15) is 39.3 Å². The van der Waals surface area contributed by atoms with Gasteiger partial charge < -0.3 is 34.3 Å². The summed E-state index contributed by atoms with van der Waals surface area (Å²) in [6.07, 6.45) is 1.38. The highest BCUT2D eigenvalue weighted by Crippen LogP contribution is 2.45. The number of hydrogen-bond acceptors (Lipinski definition) is 11. The van der Waals surface area contributed by atoms with Gasteiger partial charge in [0.2, 0.25) is 5.60 Å². The number of carbonyl (C=O) groups excluding carboxylic acids is 4. The van der Waals surface area contributed by atoms with Crippen LogP contribution >= 0.6 is 15.9 Å². The van der Waals surface area contributed by atoms with Gasteiger partial charge in [0.1, 0.15) is 27.3 Å². The molecule has 0 amide bonds. The number of ether oxygens (including phenoxy) is 4. The van der Waals surface area contributed by atoms with Gasteiger partial charge in [-0.05, 0) is 153 Å². The van der Waals surface area contributed by atoms with Gasteiger partial charge in [-0.3, -0.25) is 4.79 Å². The van der Waals surface area contributed by atoms with Crippen molar-refractivity contribution < 1.29 is 58.2 Å². The van der Waals surface area contributed by atoms with Crippen molar-refractivity contribution in [3.8, 4) is 23.0 Å². The molecule has 1 aliphatic heterocycles. The number of hydrogen-bond donors (Lipinski definition) is 3. The Hall–Kier alpha value is -5.27. The van der Waals surface area contributed by atoms with Crippen molar-refractivity contribution >= 4 is 45.6 Å². The topological polar surface area (TPSA) is 183 Å². The molecule has 0 saturated carbocycles. The average molecular weight is 792 g/mol. The number of esters is 3. The van der Waals surface area contributed by atoms with E-state index in [-0.39, 0.29) is 85.3 Å². The minimum absolute atomic E-state index is 0.00752. The summed E-state index contributed by atoms with van der Waals surface area (Å²) in [5, 5.41) is 32.4. The number of aromatic carboxylic acids is 1. The minimum Gasteiger partial charge on any atom is -0.506 e. The van der Waals surface area contributed by atoms with Crippen LogP contribution in [0.1, 0.15) is 94.5 Å². The lowest BCUT2D eigenvalue weighted by Crippen LogP contribution is -2.47. The van der Waals surface area contributed by atoms with E-state index >= 15 is 0 Å². The Bertz CT molecular complexity index is 2220. The van der Waals surface area contributed by atoms with Crippen LogP contribution in [-0.2, 0) is 14.3 Å². The summed E-state index contributed by atoms with van der Waals surface area (Å²) in [6.45, 7) is 16.3. The van der Waals surface area contributed by atoms with Crippen molar-refractivity contribution in [1.29, 1.82) is 0 Å². The minimum atomic E-state index is -2.38. The summed E-state index contributed by atoms with van der Waals surface area (Å²) >= 11 is 3.23. The second kappa shape index (κ2) is 13.9. The molecule has 2 aliphatic rings. The zero-order chi connectivity index (χ0) is 39.6. The number of halogens is 1. The molecule has 3 N–H and O–H groups in total. The maximum absolute atomic E-state index is 13.7. The number of phenols is 1. The van der Waals surface area contributed by atoms with Gasteiger partial charge in [-0.1, -0.05) is 0 Å². The van der Waals surface area contributed by atoms with Crippen molar-refractivity contribution in [2.24, 2.45) is 0 Å². The molecule has 1 atom stereocenters. The summed E-state index contributed by atoms with van der Waals surface area (Å²) in [6, 6.07) is 1.50. The third-order valence-electron chi connectivity index (χ3n) is 10.5. The molecule has 0 fully saturated rings. The summed E-state index contributed by atoms with van der Waals surface area (Å²) in [7, 11) is 0. The van der Waals surface area contributed by atoms with Gasteiger partial charge in [-0.2, -0.15) is 0 Å². The van der Waals surface area contributed by atoms with E-state index in [1.807, 2.05) is 0 Å². The number of phenolic OH excluding ortho intramolecular Hbond substituents is 1. The van der Waals surface area contributed by atoms with E-state index in [4.69, 9.17) is 18.9 Å². The van der Waals surface area contributed by atoms with Gasteiger partial charge in [0, 0.05) is 12.0 Å². The lowest BCUT2D eigenvalue weighted by atomic mass is 9.83. The van der Waals surface area contributed by atoms with E-state index in [2.05, 4.69) is 15.9 Å². The van der Waals surface area contributed by atoms with Crippen LogP contribution in [0.5, 0.6) is 23.0 Å². The maximum atomic E-state index is 13.7. The van der Waals surface area contributed by atoms with Crippen LogP contribution in [0.3, 0.4) is 0 Å². The molecule has 0 radical (unpaired) electrons. The van der Waals surface area contributed by atoms with E-state index in [1.54, 1.807) is 55.4 Å². The highest BCUT2D eigenvalue weighted by atomic mass is 79.9. The average Bonchev–Trinajstić information content (AvgIpc) is 3.60. The van der Waals surface area contributed by atoms with E-state index in [1.165, 1.54) is 19.9 Å². The van der Waals surface area contributed by atoms with Gasteiger partial charge in [0.25, 0.3) is 0 Å². The highest BCUT2D eigenvalue weighted by molar-refractivity contribution is 9.10. The molecule has 5 rings (SSSR count). The number of ketones is 1. The Labute approximate surface area is 314 Å². The Morgan fingerprint density at radius 2 is 1.26 bits per heavy atom. The number of aliphatic hydroxyl groups is 1. The third-order valence-corrected chi connectivity index (χ3v) is 11.2. The zero-order valence-electron chi connectivity index (χ0n) is 31.0. The predicted octanol–water partition coefficient (Wildman–Crippen LogP) is 6.91. The molecule has 0 spiro atoms. The van der Waals surface area contributed by atoms with Gasteiger partial charge in [0.05, 0.1) is 17.7 Å². The first-order valence-corrected chi connectivity index (χ1v) is 17.4. The molecule has 3 aromatic rings. The fraction of sp³-hybridized carbons (Fsp3) is 0.325. The molecule has 0 bridgehead atoms. The number of rotatable bonds is 7. The molecule has 13 heteroatoms. The first-order valence-electron chi connectivity index (χ1n) is 16.6. The monoisotopic (exact) mass is 790 g/mol. The highest BCUT2D eigenvalue weighted by Gasteiger charge is 2.52. The summed E-state index contributed by atoms with van der Waals surface area (Å²) in [5.74, 6) is -4.77. The van der Waals surface area contributed by atoms with Gasteiger partial charge in [-0.25, -0.2) is 19.2 Å². The SMILES string of the molecule is CC1=CC(=O)C2=C(OCC2)[C@@]1(O)C(=O)Oc1c(C)c(C)c(C(=O)Oc2cc(C)c(C(=O)Oc3c(C)c(C)c(C(=O)O)c(C)c3C)c(C)c2C)c(O)c1Br. The van der Waals surface area contributed by atoms with E-state index < -0.39 is 35.2 Å². The van der Waals surface area contributed by atoms with Crippen molar-refractivity contribution in [2.75, 3.05) is 6.61 Å². The Morgan fingerprint density at radius 3 is 1.85 bits per heavy atom. The molecule has 53 heavy (non-hydrogen) atoms. The number of allylic oxidation sites excluding steroid dienone is 1. The third kappa shape index (κ3) is 6.21. The molecule has 0 saturated heterocycles. The number of aryl methyl sites for hydroxylation is 1. The molecule has 0 unspecified atom stereocenters. The molecule has 0 aromatic heterocycles. The molecule has 1 heterocycles. The van der Waals surface area contributed by atoms with Crippen molar-refractivity contribution in [2.45, 2.75) is 81.3 Å². The number of aromatic hydroxyl groups is 1. The van der Waals surface area contributed by atoms with Gasteiger partial charge in [0.15, 0.2) is 17.3 Å². The standard InChI is InChI=1S/C40H39BrO12/c1-15-13-27(17(3)18(4)28(15)37(46)52-33-22(8)19(5)29(36(44)45)20(6)23(33)9)51-38(47)30-21(7)24(10)34(31(41)32(30)43)53-39(48)40(49)16(2)14-26(42)25-11-12-50-35(25)40/h13-14,43,49H,11-12H2,1-10H3,(H,44,45)/t40-/m1/s1. The van der Waals surface area contributed by atoms with Crippen LogP contribution < -0.4 is 14.2 Å². The van der Waals surface area contributed by atoms with Crippen molar-refractivity contribution in [3.05, 3.63) is 100 Å². The Balaban J connectivity index is 1.44. The molecular weight excluding hydrogens is 752 g/mol. The van der Waals surface area contributed by atoms with Crippen molar-refractivity contribution in [1.82, 2.24) is 0 Å². The van der Waals surface area contributed by atoms with E-state index in [0.29, 0.717) is 38.9 Å². The Kier molecular flexibility index (Phi) is 10.2. The predicted molar refractivity (Wildman–Crippen MR) is 195 cm³/mol. The first-order chi connectivity index (χ1) is 24.7. The van der Waals surface area contributed by atoms with Crippen LogP contribution in [0.15, 0.2) is 33.5 Å². The molecular formula is C40H39BrO12. The van der Waals surface area contributed by atoms with Crippen LogP contribution in [0.2, 0.25) is 0 Å². The molecule has 1 aliphatic carbocycles. The second-order valence-electron chi connectivity index (χ2n) is 13.4. The Morgan fingerprint density at radius 1 is 0.736 bits per heavy atom. The van der Waals surface area contributed by atoms with Crippen molar-refractivity contribution in [3.63, 3.8) is 0 Å². The number of carboxylic acids is 1. The van der Waals surface area contributed by atoms with Gasteiger partial charge >= 0.3 is 23.9 Å². The first kappa shape index (κ1) is 38.9. The quantitative estimate of drug-likeness (QED) is 0.166. The lowest BCUT2D eigenvalue weighted by Gasteiger charge is -2.31. The van der Waals surface area contributed by atoms with Crippen LogP contribution in [-0.4, -0.2) is 57.2 Å². The normalized spacial score (nSPS) is 16.5. The number of carbonyl (C=O) groups is 5. The fourth-order valence-corrected chi connectivity index (χ4v) is 7.38. The summed E-state index contributed by atoms with van der Waals surface area (Å²) in [5.41, 5.74) is 1.84. The number of carboxylic acid groups (broad SMARTS) is 1. The molecule has 3 aromatic carbocycles. The van der Waals surface area contributed by atoms with Crippen LogP contribution in [0.25, 0.3) is 0 Å². The van der Waals surface area contributed by atoms with Crippen LogP contribution in [0.4, 0.5) is 0 Å². The molecule has 278 valence electrons.